The van der Waals surface area contributed by atoms with Crippen LogP contribution in [-0.2, 0) is 4.79 Å². The van der Waals surface area contributed by atoms with Crippen LogP contribution in [0.3, 0.4) is 0 Å². The van der Waals surface area contributed by atoms with Crippen LogP contribution in [0.2, 0.25) is 0 Å². The maximum absolute atomic E-state index is 12.0. The van der Waals surface area contributed by atoms with E-state index in [-0.39, 0.29) is 29.8 Å². The van der Waals surface area contributed by atoms with E-state index in [2.05, 4.69) is 5.32 Å². The second-order valence-electron chi connectivity index (χ2n) is 6.44. The molecule has 5 heteroatoms. The Morgan fingerprint density at radius 3 is 2.40 bits per heavy atom. The lowest BCUT2D eigenvalue weighted by Gasteiger charge is -2.35. The van der Waals surface area contributed by atoms with E-state index in [0.717, 1.165) is 19.3 Å². The van der Waals surface area contributed by atoms with Crippen LogP contribution < -0.4 is 11.1 Å². The van der Waals surface area contributed by atoms with Gasteiger partial charge in [-0.3, -0.25) is 4.79 Å². The van der Waals surface area contributed by atoms with Gasteiger partial charge in [-0.15, -0.1) is 12.4 Å². The summed E-state index contributed by atoms with van der Waals surface area (Å²) in [5.74, 6) is 0.425. The third kappa shape index (κ3) is 6.91. The number of nitrogens with two attached hydrogens (primary N) is 1. The first-order valence-electron chi connectivity index (χ1n) is 7.62. The molecule has 2 atom stereocenters. The fourth-order valence-electron chi connectivity index (χ4n) is 3.11. The van der Waals surface area contributed by atoms with Gasteiger partial charge in [-0.2, -0.15) is 0 Å². The number of amides is 1. The van der Waals surface area contributed by atoms with Crippen molar-refractivity contribution in [3.05, 3.63) is 0 Å². The van der Waals surface area contributed by atoms with Crippen LogP contribution in [0.25, 0.3) is 0 Å². The molecule has 1 aliphatic carbocycles. The summed E-state index contributed by atoms with van der Waals surface area (Å²) in [6.45, 7) is 5.09. The van der Waals surface area contributed by atoms with Crippen LogP contribution in [0.5, 0.6) is 0 Å². The summed E-state index contributed by atoms with van der Waals surface area (Å²) in [4.78, 5) is 12.0. The monoisotopic (exact) mass is 306 g/mol. The lowest BCUT2D eigenvalue weighted by molar-refractivity contribution is -0.124. The molecule has 1 rings (SSSR count). The smallest absolute Gasteiger partial charge is 0.220 e. The van der Waals surface area contributed by atoms with Crippen molar-refractivity contribution in [1.29, 1.82) is 0 Å². The second-order valence-corrected chi connectivity index (χ2v) is 6.44. The highest BCUT2D eigenvalue weighted by Crippen LogP contribution is 2.38. The molecule has 1 aliphatic rings. The second kappa shape index (κ2) is 9.59. The first-order valence-corrected chi connectivity index (χ1v) is 7.62. The van der Waals surface area contributed by atoms with Crippen LogP contribution >= 0.6 is 12.4 Å². The zero-order valence-electron chi connectivity index (χ0n) is 12.9. The fraction of sp³-hybridized carbons (Fsp3) is 0.933. The van der Waals surface area contributed by atoms with E-state index in [1.807, 2.05) is 6.92 Å². The molecule has 0 aromatic heterocycles. The summed E-state index contributed by atoms with van der Waals surface area (Å²) in [6, 6.07) is 0. The average Bonchev–Trinajstić information content (AvgIpc) is 2.37. The van der Waals surface area contributed by atoms with Crippen molar-refractivity contribution in [2.45, 2.75) is 64.9 Å². The van der Waals surface area contributed by atoms with E-state index in [1.165, 1.54) is 19.3 Å². The van der Waals surface area contributed by atoms with Crippen molar-refractivity contribution in [2.75, 3.05) is 13.1 Å². The normalized spacial score (nSPS) is 20.6. The standard InChI is InChI=1S/C15H30N2O2.ClH/c1-12(8-13(2)18)10-17-14(19)9-15(11-16)6-4-3-5-7-15;/h12-13,18H,3-11,16H2,1-2H3,(H,17,19);1H. The quantitative estimate of drug-likeness (QED) is 0.675. The first kappa shape index (κ1) is 19.7. The molecule has 4 N–H and O–H groups in total. The van der Waals surface area contributed by atoms with E-state index >= 15 is 0 Å². The molecule has 0 aromatic rings. The third-order valence-electron chi connectivity index (χ3n) is 4.27. The van der Waals surface area contributed by atoms with Gasteiger partial charge >= 0.3 is 0 Å². The fourth-order valence-corrected chi connectivity index (χ4v) is 3.11. The van der Waals surface area contributed by atoms with Crippen LogP contribution in [0, 0.1) is 11.3 Å². The predicted octanol–water partition coefficient (Wildman–Crippen LogP) is 2.23. The molecule has 0 bridgehead atoms. The summed E-state index contributed by atoms with van der Waals surface area (Å²) < 4.78 is 0. The highest BCUT2D eigenvalue weighted by Gasteiger charge is 2.32. The van der Waals surface area contributed by atoms with E-state index in [4.69, 9.17) is 5.73 Å². The lowest BCUT2D eigenvalue weighted by Crippen LogP contribution is -2.39. The molecule has 0 radical (unpaired) electrons. The van der Waals surface area contributed by atoms with Gasteiger partial charge in [0.2, 0.25) is 5.91 Å². The van der Waals surface area contributed by atoms with Crippen molar-refractivity contribution in [3.63, 3.8) is 0 Å². The van der Waals surface area contributed by atoms with Gasteiger partial charge in [0.05, 0.1) is 6.10 Å². The summed E-state index contributed by atoms with van der Waals surface area (Å²) >= 11 is 0. The molecule has 0 heterocycles. The molecule has 0 spiro atoms. The zero-order valence-corrected chi connectivity index (χ0v) is 13.7. The number of hydrogen-bond donors (Lipinski definition) is 3. The van der Waals surface area contributed by atoms with Crippen molar-refractivity contribution < 1.29 is 9.90 Å². The van der Waals surface area contributed by atoms with Gasteiger partial charge in [0, 0.05) is 13.0 Å². The van der Waals surface area contributed by atoms with Crippen molar-refractivity contribution >= 4 is 18.3 Å². The summed E-state index contributed by atoms with van der Waals surface area (Å²) in [5.41, 5.74) is 5.93. The van der Waals surface area contributed by atoms with E-state index < -0.39 is 0 Å². The van der Waals surface area contributed by atoms with Gasteiger partial charge in [0.25, 0.3) is 0 Å². The van der Waals surface area contributed by atoms with E-state index in [9.17, 15) is 9.90 Å². The number of rotatable bonds is 7. The highest BCUT2D eigenvalue weighted by atomic mass is 35.5. The molecule has 4 nitrogen and oxygen atoms in total. The molecule has 2 unspecified atom stereocenters. The Bertz CT molecular complexity index is 279. The average molecular weight is 307 g/mol. The molecular formula is C15H31ClN2O2. The minimum absolute atomic E-state index is 0. The molecule has 20 heavy (non-hydrogen) atoms. The minimum Gasteiger partial charge on any atom is -0.393 e. The van der Waals surface area contributed by atoms with Gasteiger partial charge in [0.15, 0.2) is 0 Å². The van der Waals surface area contributed by atoms with E-state index in [0.29, 0.717) is 25.4 Å². The zero-order chi connectivity index (χ0) is 14.3. The Labute approximate surface area is 129 Å². The minimum atomic E-state index is -0.305. The molecule has 0 saturated heterocycles. The topological polar surface area (TPSA) is 75.3 Å². The molecule has 120 valence electrons. The van der Waals surface area contributed by atoms with Crippen LogP contribution in [0.1, 0.15) is 58.8 Å². The number of carbonyl (C=O) groups is 1. The molecular weight excluding hydrogens is 276 g/mol. The van der Waals surface area contributed by atoms with Gasteiger partial charge in [-0.25, -0.2) is 0 Å². The van der Waals surface area contributed by atoms with E-state index in [1.54, 1.807) is 6.92 Å². The number of aliphatic hydroxyl groups excluding tert-OH is 1. The maximum atomic E-state index is 12.0. The number of halogens is 1. The first-order chi connectivity index (χ1) is 8.97. The third-order valence-corrected chi connectivity index (χ3v) is 4.27. The molecule has 0 aliphatic heterocycles. The van der Waals surface area contributed by atoms with Gasteiger partial charge < -0.3 is 16.2 Å². The van der Waals surface area contributed by atoms with Crippen molar-refractivity contribution in [1.82, 2.24) is 5.32 Å². The lowest BCUT2D eigenvalue weighted by atomic mass is 9.71. The number of nitrogens with one attached hydrogen (secondary N) is 1. The Kier molecular flexibility index (Phi) is 9.43. The Morgan fingerprint density at radius 1 is 1.30 bits per heavy atom. The van der Waals surface area contributed by atoms with Crippen LogP contribution in [-0.4, -0.2) is 30.2 Å². The largest absolute Gasteiger partial charge is 0.393 e. The number of carbonyl (C=O) groups excluding carboxylic acids is 1. The predicted molar refractivity (Wildman–Crippen MR) is 84.9 cm³/mol. The molecule has 0 aromatic carbocycles. The Balaban J connectivity index is 0.00000361. The summed E-state index contributed by atoms with van der Waals surface area (Å²) in [5, 5.41) is 12.3. The van der Waals surface area contributed by atoms with Crippen LogP contribution in [0.15, 0.2) is 0 Å². The maximum Gasteiger partial charge on any atom is 0.220 e. The Morgan fingerprint density at radius 2 is 1.90 bits per heavy atom. The summed E-state index contributed by atoms with van der Waals surface area (Å²) in [6.07, 6.45) is 6.81. The Hall–Kier alpha value is -0.320. The van der Waals surface area contributed by atoms with Gasteiger partial charge in [-0.1, -0.05) is 26.2 Å². The van der Waals surface area contributed by atoms with Crippen molar-refractivity contribution in [3.8, 4) is 0 Å². The number of aliphatic hydroxyl groups is 1. The molecule has 1 amide bonds. The number of hydrogen-bond acceptors (Lipinski definition) is 3. The highest BCUT2D eigenvalue weighted by molar-refractivity contribution is 5.85. The molecule has 1 fully saturated rings. The van der Waals surface area contributed by atoms with Gasteiger partial charge in [-0.05, 0) is 44.1 Å². The SMILES string of the molecule is CC(O)CC(C)CNC(=O)CC1(CN)CCCCC1.Cl. The van der Waals surface area contributed by atoms with Crippen LogP contribution in [0.4, 0.5) is 0 Å². The molecule has 1 saturated carbocycles. The summed E-state index contributed by atoms with van der Waals surface area (Å²) in [7, 11) is 0. The van der Waals surface area contributed by atoms with Gasteiger partial charge in [0.1, 0.15) is 0 Å². The van der Waals surface area contributed by atoms with Crippen molar-refractivity contribution in [2.24, 2.45) is 17.1 Å².